The minimum atomic E-state index is -0.237. The van der Waals surface area contributed by atoms with E-state index in [0.29, 0.717) is 0 Å². The number of hydrogen-bond donors (Lipinski definition) is 1. The zero-order valence-electron chi connectivity index (χ0n) is 19.1. The number of aryl methyl sites for hydroxylation is 3. The maximum atomic E-state index is 4.66. The molecule has 0 fully saturated rings. The first-order valence-electron chi connectivity index (χ1n) is 11.0. The van der Waals surface area contributed by atoms with Crippen molar-refractivity contribution in [2.45, 2.75) is 6.04 Å². The highest BCUT2D eigenvalue weighted by atomic mass is 15.3. The topological polar surface area (TPSA) is 91.3 Å². The fourth-order valence-electron chi connectivity index (χ4n) is 4.41. The van der Waals surface area contributed by atoms with Gasteiger partial charge in [0.05, 0.1) is 17.2 Å². The van der Waals surface area contributed by atoms with Gasteiger partial charge in [-0.15, -0.1) is 10.2 Å². The summed E-state index contributed by atoms with van der Waals surface area (Å²) in [5, 5.41) is 17.7. The second-order valence-electron chi connectivity index (χ2n) is 8.47. The standard InChI is InChI=1S/C25H23N9/c1-32-9-6-16-4-5-17(10-22(16)32)20-11-19(12-21-24(20)27-8-7-26-21)30-23(18-13-29-34(3)14-18)25-31-28-15-33(25)2/h4-15,23,30H,1-3H3/t23-/m1/s1. The molecule has 9 heteroatoms. The average molecular weight is 450 g/mol. The van der Waals surface area contributed by atoms with Crippen LogP contribution >= 0.6 is 0 Å². The van der Waals surface area contributed by atoms with Crippen molar-refractivity contribution in [3.05, 3.63) is 85.1 Å². The molecule has 0 amide bonds. The number of nitrogens with one attached hydrogen (secondary N) is 1. The van der Waals surface area contributed by atoms with E-state index in [2.05, 4.69) is 78.7 Å². The zero-order chi connectivity index (χ0) is 23.2. The Labute approximate surface area is 195 Å². The first kappa shape index (κ1) is 20.1. The van der Waals surface area contributed by atoms with Gasteiger partial charge in [0.25, 0.3) is 0 Å². The molecule has 4 aromatic heterocycles. The normalized spacial score (nSPS) is 12.4. The van der Waals surface area contributed by atoms with E-state index in [-0.39, 0.29) is 6.04 Å². The van der Waals surface area contributed by atoms with E-state index >= 15 is 0 Å². The highest BCUT2D eigenvalue weighted by Crippen LogP contribution is 2.34. The predicted molar refractivity (Wildman–Crippen MR) is 131 cm³/mol. The van der Waals surface area contributed by atoms with Crippen molar-refractivity contribution in [2.75, 3.05) is 5.32 Å². The number of fused-ring (bicyclic) bond motifs is 2. The SMILES string of the molecule is Cn1cc([C@@H](Nc2cc(-c3ccc4ccn(C)c4c3)c3nccnc3c2)c2nncn2C)cn1. The average Bonchev–Trinajstić information content (AvgIpc) is 3.57. The largest absolute Gasteiger partial charge is 0.371 e. The van der Waals surface area contributed by atoms with Crippen LogP contribution in [-0.4, -0.2) is 39.1 Å². The third-order valence-corrected chi connectivity index (χ3v) is 6.15. The van der Waals surface area contributed by atoms with Crippen molar-refractivity contribution in [3.63, 3.8) is 0 Å². The van der Waals surface area contributed by atoms with Crippen LogP contribution in [0.5, 0.6) is 0 Å². The lowest BCUT2D eigenvalue weighted by molar-refractivity contribution is 0.741. The van der Waals surface area contributed by atoms with E-state index in [1.54, 1.807) is 23.4 Å². The Balaban J connectivity index is 1.50. The van der Waals surface area contributed by atoms with E-state index in [0.717, 1.165) is 39.2 Å². The molecule has 2 aromatic carbocycles. The van der Waals surface area contributed by atoms with Crippen molar-refractivity contribution in [1.82, 2.24) is 39.1 Å². The van der Waals surface area contributed by atoms with Crippen LogP contribution < -0.4 is 5.32 Å². The molecule has 6 rings (SSSR count). The molecule has 0 aliphatic heterocycles. The van der Waals surface area contributed by atoms with Crippen molar-refractivity contribution < 1.29 is 0 Å². The highest BCUT2D eigenvalue weighted by molar-refractivity contribution is 5.97. The van der Waals surface area contributed by atoms with Gasteiger partial charge >= 0.3 is 0 Å². The summed E-state index contributed by atoms with van der Waals surface area (Å²) in [6, 6.07) is 12.5. The monoisotopic (exact) mass is 449 g/mol. The smallest absolute Gasteiger partial charge is 0.159 e. The van der Waals surface area contributed by atoms with E-state index < -0.39 is 0 Å². The van der Waals surface area contributed by atoms with Crippen LogP contribution in [0.2, 0.25) is 0 Å². The number of anilines is 1. The molecular weight excluding hydrogens is 426 g/mol. The van der Waals surface area contributed by atoms with Crippen LogP contribution in [0.1, 0.15) is 17.4 Å². The highest BCUT2D eigenvalue weighted by Gasteiger charge is 2.22. The summed E-state index contributed by atoms with van der Waals surface area (Å²) in [6.45, 7) is 0. The molecule has 1 atom stereocenters. The van der Waals surface area contributed by atoms with Crippen LogP contribution in [-0.2, 0) is 21.1 Å². The maximum absolute atomic E-state index is 4.66. The van der Waals surface area contributed by atoms with Gasteiger partial charge in [0, 0.05) is 68.3 Å². The Hall–Kier alpha value is -4.53. The van der Waals surface area contributed by atoms with Crippen molar-refractivity contribution in [1.29, 1.82) is 0 Å². The maximum Gasteiger partial charge on any atom is 0.159 e. The molecule has 1 N–H and O–H groups in total. The molecular formula is C25H23N9. The third kappa shape index (κ3) is 3.38. The molecule has 0 bridgehead atoms. The van der Waals surface area contributed by atoms with Crippen molar-refractivity contribution in [2.24, 2.45) is 21.1 Å². The summed E-state index contributed by atoms with van der Waals surface area (Å²) >= 11 is 0. The molecule has 0 unspecified atom stereocenters. The van der Waals surface area contributed by atoms with Crippen LogP contribution in [0.4, 0.5) is 5.69 Å². The molecule has 168 valence electrons. The van der Waals surface area contributed by atoms with Gasteiger partial charge in [-0.05, 0) is 35.2 Å². The van der Waals surface area contributed by atoms with Gasteiger partial charge < -0.3 is 14.5 Å². The van der Waals surface area contributed by atoms with Gasteiger partial charge in [0.1, 0.15) is 12.4 Å². The Kier molecular flexibility index (Phi) is 4.61. The minimum absolute atomic E-state index is 0.237. The first-order valence-corrected chi connectivity index (χ1v) is 11.0. The zero-order valence-corrected chi connectivity index (χ0v) is 19.1. The molecule has 0 saturated heterocycles. The van der Waals surface area contributed by atoms with Gasteiger partial charge in [-0.25, -0.2) is 0 Å². The van der Waals surface area contributed by atoms with Gasteiger partial charge in [0.15, 0.2) is 5.82 Å². The molecule has 0 aliphatic carbocycles. The van der Waals surface area contributed by atoms with Crippen LogP contribution in [0.3, 0.4) is 0 Å². The predicted octanol–water partition coefficient (Wildman–Crippen LogP) is 3.85. The van der Waals surface area contributed by atoms with E-state index in [9.17, 15) is 0 Å². The first-order chi connectivity index (χ1) is 16.6. The number of hydrogen-bond acceptors (Lipinski definition) is 6. The molecule has 0 spiro atoms. The molecule has 0 aliphatic rings. The summed E-state index contributed by atoms with van der Waals surface area (Å²) in [5.74, 6) is 0.791. The molecule has 34 heavy (non-hydrogen) atoms. The molecule has 9 nitrogen and oxygen atoms in total. The van der Waals surface area contributed by atoms with Crippen molar-refractivity contribution in [3.8, 4) is 11.1 Å². The lowest BCUT2D eigenvalue weighted by Gasteiger charge is -2.19. The Morgan fingerprint density at radius 3 is 2.62 bits per heavy atom. The van der Waals surface area contributed by atoms with Crippen LogP contribution in [0.25, 0.3) is 33.1 Å². The fourth-order valence-corrected chi connectivity index (χ4v) is 4.41. The van der Waals surface area contributed by atoms with Gasteiger partial charge in [0.2, 0.25) is 0 Å². The third-order valence-electron chi connectivity index (χ3n) is 6.15. The summed E-state index contributed by atoms with van der Waals surface area (Å²) < 4.78 is 5.82. The van der Waals surface area contributed by atoms with Crippen molar-refractivity contribution >= 4 is 27.6 Å². The van der Waals surface area contributed by atoms with E-state index in [4.69, 9.17) is 0 Å². The summed E-state index contributed by atoms with van der Waals surface area (Å²) in [7, 11) is 5.90. The lowest BCUT2D eigenvalue weighted by Crippen LogP contribution is -2.16. The quantitative estimate of drug-likeness (QED) is 0.430. The van der Waals surface area contributed by atoms with Gasteiger partial charge in [-0.1, -0.05) is 12.1 Å². The second-order valence-corrected chi connectivity index (χ2v) is 8.47. The number of aromatic nitrogens is 8. The summed E-state index contributed by atoms with van der Waals surface area (Å²) in [6.07, 6.45) is 11.1. The minimum Gasteiger partial charge on any atom is -0.371 e. The molecule has 6 aromatic rings. The summed E-state index contributed by atoms with van der Waals surface area (Å²) in [4.78, 5) is 9.26. The van der Waals surface area contributed by atoms with Gasteiger partial charge in [-0.3, -0.25) is 14.6 Å². The Morgan fingerprint density at radius 2 is 1.82 bits per heavy atom. The summed E-state index contributed by atoms with van der Waals surface area (Å²) in [5.41, 5.74) is 6.84. The Morgan fingerprint density at radius 1 is 0.941 bits per heavy atom. The van der Waals surface area contributed by atoms with Crippen LogP contribution in [0, 0.1) is 0 Å². The van der Waals surface area contributed by atoms with Crippen LogP contribution in [0.15, 0.2) is 73.7 Å². The van der Waals surface area contributed by atoms with Gasteiger partial charge in [-0.2, -0.15) is 5.10 Å². The van der Waals surface area contributed by atoms with E-state index in [1.807, 2.05) is 37.1 Å². The number of nitrogens with zero attached hydrogens (tertiary/aromatic N) is 8. The molecule has 4 heterocycles. The fraction of sp³-hybridized carbons (Fsp3) is 0.160. The number of benzene rings is 2. The molecule has 0 radical (unpaired) electrons. The van der Waals surface area contributed by atoms with E-state index in [1.165, 1.54) is 10.9 Å². The lowest BCUT2D eigenvalue weighted by atomic mass is 10.0. The Bertz CT molecular complexity index is 1640. The molecule has 0 saturated carbocycles. The second kappa shape index (κ2) is 7.80. The number of rotatable bonds is 5.